The number of benzene rings is 2. The Balaban J connectivity index is 2.06. The molecule has 1 heterocycles. The van der Waals surface area contributed by atoms with Gasteiger partial charge in [-0.15, -0.1) is 4.73 Å². The Morgan fingerprint density at radius 1 is 0.690 bits per heavy atom. The van der Waals surface area contributed by atoms with Gasteiger partial charge in [0.15, 0.2) is 0 Å². The molecule has 0 saturated carbocycles. The van der Waals surface area contributed by atoms with E-state index in [1.807, 2.05) is 78.9 Å². The fourth-order valence-corrected chi connectivity index (χ4v) is 4.07. The van der Waals surface area contributed by atoms with E-state index in [2.05, 4.69) is 18.2 Å². The van der Waals surface area contributed by atoms with Crippen molar-refractivity contribution < 1.29 is 4.84 Å². The number of rotatable bonds is 3. The molecule has 0 N–H and O–H groups in total. The monoisotopic (exact) mass is 377 g/mol. The van der Waals surface area contributed by atoms with E-state index in [-0.39, 0.29) is 5.56 Å². The lowest BCUT2D eigenvalue weighted by atomic mass is 9.94. The van der Waals surface area contributed by atoms with Gasteiger partial charge in [-0.2, -0.15) is 0 Å². The topological polar surface area (TPSA) is 31.2 Å². The number of hydrogen-bond acceptors (Lipinski definition) is 2. The van der Waals surface area contributed by atoms with Crippen LogP contribution in [0.15, 0.2) is 102 Å². The van der Waals surface area contributed by atoms with Crippen molar-refractivity contribution in [3.63, 3.8) is 0 Å². The van der Waals surface area contributed by atoms with Crippen LogP contribution in [0.5, 0.6) is 0 Å². The summed E-state index contributed by atoms with van der Waals surface area (Å²) in [5.74, 6) is 0. The molecule has 0 spiro atoms. The lowest BCUT2D eigenvalue weighted by Gasteiger charge is -2.18. The number of fused-ring (bicyclic) bond motifs is 3. The zero-order valence-corrected chi connectivity index (χ0v) is 16.0. The summed E-state index contributed by atoms with van der Waals surface area (Å²) in [6.45, 7) is 0. The van der Waals surface area contributed by atoms with Crippen LogP contribution in [0.1, 0.15) is 0 Å². The third kappa shape index (κ3) is 2.71. The van der Waals surface area contributed by atoms with Crippen molar-refractivity contribution in [2.45, 2.75) is 0 Å². The molecule has 0 bridgehead atoms. The number of hydrogen-bond donors (Lipinski definition) is 0. The number of nitrogens with zero attached hydrogens (tertiary/aromatic N) is 1. The van der Waals surface area contributed by atoms with Gasteiger partial charge in [0.05, 0.1) is 11.1 Å². The standard InChI is InChI=1S/C26H19NO2/c1-29-27-25(19-13-7-3-8-14-19)23(18-11-5-2-6-12-18)24-21-16-10-4-9-15-20(21)17-22(24)26(27)28/h2-17H,1H3. The second-order valence-corrected chi connectivity index (χ2v) is 6.95. The van der Waals surface area contributed by atoms with E-state index in [4.69, 9.17) is 4.84 Å². The van der Waals surface area contributed by atoms with Crippen LogP contribution < -0.4 is 10.4 Å². The molecule has 0 aliphatic heterocycles. The molecule has 0 amide bonds. The molecule has 2 aliphatic rings. The first kappa shape index (κ1) is 17.3. The van der Waals surface area contributed by atoms with E-state index in [0.29, 0.717) is 5.39 Å². The van der Waals surface area contributed by atoms with Crippen LogP contribution in [0.25, 0.3) is 44.3 Å². The molecule has 3 aromatic rings. The molecule has 0 atom stereocenters. The van der Waals surface area contributed by atoms with Crippen molar-refractivity contribution in [2.75, 3.05) is 7.11 Å². The third-order valence-corrected chi connectivity index (χ3v) is 5.31. The van der Waals surface area contributed by atoms with E-state index >= 15 is 0 Å². The summed E-state index contributed by atoms with van der Waals surface area (Å²) < 4.78 is 1.42. The Kier molecular flexibility index (Phi) is 4.14. The first-order valence-corrected chi connectivity index (χ1v) is 9.55. The van der Waals surface area contributed by atoms with E-state index in [1.54, 1.807) is 0 Å². The van der Waals surface area contributed by atoms with Crippen LogP contribution >= 0.6 is 0 Å². The fraction of sp³-hybridized carbons (Fsp3) is 0.0385. The molecule has 29 heavy (non-hydrogen) atoms. The summed E-state index contributed by atoms with van der Waals surface area (Å²) >= 11 is 0. The maximum absolute atomic E-state index is 13.4. The van der Waals surface area contributed by atoms with Crippen LogP contribution in [-0.2, 0) is 0 Å². The molecule has 0 saturated heterocycles. The maximum Gasteiger partial charge on any atom is 0.291 e. The second kappa shape index (κ2) is 6.95. The average molecular weight is 377 g/mol. The van der Waals surface area contributed by atoms with Crippen molar-refractivity contribution in [1.29, 1.82) is 0 Å². The van der Waals surface area contributed by atoms with Crippen molar-refractivity contribution in [3.05, 3.63) is 107 Å². The minimum absolute atomic E-state index is 0.153. The van der Waals surface area contributed by atoms with Crippen molar-refractivity contribution in [2.24, 2.45) is 0 Å². The number of pyridine rings is 1. The smallest absolute Gasteiger partial charge is 0.291 e. The minimum atomic E-state index is -0.153. The summed E-state index contributed by atoms with van der Waals surface area (Å²) in [7, 11) is 1.54. The molecule has 3 heteroatoms. The van der Waals surface area contributed by atoms with Crippen molar-refractivity contribution in [1.82, 2.24) is 4.73 Å². The normalized spacial score (nSPS) is 11.1. The predicted molar refractivity (Wildman–Crippen MR) is 118 cm³/mol. The highest BCUT2D eigenvalue weighted by Crippen LogP contribution is 2.43. The summed E-state index contributed by atoms with van der Waals surface area (Å²) in [6.07, 6.45) is 0. The van der Waals surface area contributed by atoms with Crippen molar-refractivity contribution >= 4 is 10.8 Å². The summed E-state index contributed by atoms with van der Waals surface area (Å²) in [5.41, 5.74) is 5.67. The highest BCUT2D eigenvalue weighted by Gasteiger charge is 2.24. The Morgan fingerprint density at radius 2 is 1.24 bits per heavy atom. The van der Waals surface area contributed by atoms with Crippen LogP contribution in [0.4, 0.5) is 0 Å². The van der Waals surface area contributed by atoms with E-state index < -0.39 is 0 Å². The maximum atomic E-state index is 13.4. The Morgan fingerprint density at radius 3 is 1.86 bits per heavy atom. The SMILES string of the molecule is COn1c(-c2ccccc2)c(-c2ccccc2)c2c3cccccc-3cc2c1=O. The Labute approximate surface area is 168 Å². The molecule has 3 nitrogen and oxygen atoms in total. The molecule has 2 aliphatic carbocycles. The molecular formula is C26H19NO2. The van der Waals surface area contributed by atoms with Crippen LogP contribution in [0.2, 0.25) is 0 Å². The largest absolute Gasteiger partial charge is 0.413 e. The van der Waals surface area contributed by atoms with E-state index in [9.17, 15) is 4.79 Å². The van der Waals surface area contributed by atoms with Crippen molar-refractivity contribution in [3.8, 4) is 33.5 Å². The molecular weight excluding hydrogens is 358 g/mol. The highest BCUT2D eigenvalue weighted by atomic mass is 16.6. The van der Waals surface area contributed by atoms with Gasteiger partial charge in [-0.25, -0.2) is 0 Å². The van der Waals surface area contributed by atoms with E-state index in [1.165, 1.54) is 11.8 Å². The highest BCUT2D eigenvalue weighted by molar-refractivity contribution is 6.13. The quantitative estimate of drug-likeness (QED) is 0.416. The van der Waals surface area contributed by atoms with Gasteiger partial charge < -0.3 is 4.84 Å². The molecule has 140 valence electrons. The minimum Gasteiger partial charge on any atom is -0.413 e. The zero-order valence-electron chi connectivity index (χ0n) is 16.0. The summed E-state index contributed by atoms with van der Waals surface area (Å²) in [4.78, 5) is 19.0. The summed E-state index contributed by atoms with van der Waals surface area (Å²) in [5, 5.41) is 1.62. The predicted octanol–water partition coefficient (Wildman–Crippen LogP) is 5.50. The molecule has 0 radical (unpaired) electrons. The Bertz CT molecular complexity index is 1340. The number of aromatic nitrogens is 1. The van der Waals surface area contributed by atoms with Gasteiger partial charge >= 0.3 is 0 Å². The first-order chi connectivity index (χ1) is 14.3. The van der Waals surface area contributed by atoms with Gasteiger partial charge in [-0.1, -0.05) is 91.0 Å². The van der Waals surface area contributed by atoms with Gasteiger partial charge in [0.25, 0.3) is 5.56 Å². The summed E-state index contributed by atoms with van der Waals surface area (Å²) in [6, 6.07) is 32.2. The molecule has 5 rings (SSSR count). The van der Waals surface area contributed by atoms with Gasteiger partial charge in [0.1, 0.15) is 7.11 Å². The van der Waals surface area contributed by atoms with Crippen LogP contribution in [-0.4, -0.2) is 11.8 Å². The van der Waals surface area contributed by atoms with Gasteiger partial charge in [-0.05, 0) is 22.8 Å². The van der Waals surface area contributed by atoms with Gasteiger partial charge in [0.2, 0.25) is 0 Å². The molecule has 0 fully saturated rings. The van der Waals surface area contributed by atoms with Crippen LogP contribution in [0.3, 0.4) is 0 Å². The van der Waals surface area contributed by atoms with E-state index in [0.717, 1.165) is 38.9 Å². The van der Waals surface area contributed by atoms with Crippen LogP contribution in [0, 0.1) is 0 Å². The fourth-order valence-electron chi connectivity index (χ4n) is 4.07. The van der Waals surface area contributed by atoms with Gasteiger partial charge in [0, 0.05) is 16.5 Å². The molecule has 0 unspecified atom stereocenters. The molecule has 1 aromatic heterocycles. The molecule has 2 aromatic carbocycles. The lowest BCUT2D eigenvalue weighted by molar-refractivity contribution is 0.163. The first-order valence-electron chi connectivity index (χ1n) is 9.55. The zero-order chi connectivity index (χ0) is 19.8. The average Bonchev–Trinajstić information content (AvgIpc) is 2.97. The third-order valence-electron chi connectivity index (χ3n) is 5.31. The second-order valence-electron chi connectivity index (χ2n) is 6.95. The lowest BCUT2D eigenvalue weighted by Crippen LogP contribution is -2.27. The van der Waals surface area contributed by atoms with Gasteiger partial charge in [-0.3, -0.25) is 4.79 Å². The Hall–Kier alpha value is -3.85.